The molecule has 3 N–H and O–H groups in total. The molecule has 90 valence electrons. The topological polar surface area (TPSA) is 50.4 Å². The fourth-order valence-electron chi connectivity index (χ4n) is 3.74. The maximum Gasteiger partial charge on any atom is 0.184 e. The van der Waals surface area contributed by atoms with Crippen LogP contribution >= 0.6 is 12.2 Å². The largest absolute Gasteiger partial charge is 0.375 e. The summed E-state index contributed by atoms with van der Waals surface area (Å²) in [6, 6.07) is 0. The SMILES string of the molecule is CC1(C)[C@@H]2CC[C@H](C2)[C@H]1C/C=N\NC(N)=S. The van der Waals surface area contributed by atoms with Gasteiger partial charge in [-0.25, -0.2) is 0 Å². The van der Waals surface area contributed by atoms with Crippen LogP contribution in [-0.4, -0.2) is 11.3 Å². The standard InChI is InChI=1S/C12H21N3S/c1-12(2)9-4-3-8(7-9)10(12)5-6-14-15-11(13)16/h6,8-10H,3-5,7H2,1-2H3,(H3,13,15,16)/b14-6-/t8-,9-,10-/m1/s1. The molecule has 0 amide bonds. The van der Waals surface area contributed by atoms with Gasteiger partial charge in [0.2, 0.25) is 0 Å². The van der Waals surface area contributed by atoms with Crippen molar-refractivity contribution in [1.82, 2.24) is 5.43 Å². The molecule has 0 aromatic heterocycles. The fourth-order valence-corrected chi connectivity index (χ4v) is 3.79. The van der Waals surface area contributed by atoms with Gasteiger partial charge in [-0.15, -0.1) is 0 Å². The third-order valence-electron chi connectivity index (χ3n) is 4.68. The molecular weight excluding hydrogens is 218 g/mol. The lowest BCUT2D eigenvalue weighted by atomic mass is 9.68. The Kier molecular flexibility index (Phi) is 3.19. The second kappa shape index (κ2) is 4.32. The van der Waals surface area contributed by atoms with Crippen LogP contribution in [0.3, 0.4) is 0 Å². The molecule has 4 heteroatoms. The molecule has 2 bridgehead atoms. The Bertz CT molecular complexity index is 311. The van der Waals surface area contributed by atoms with Gasteiger partial charge in [0.15, 0.2) is 5.11 Å². The minimum Gasteiger partial charge on any atom is -0.375 e. The molecule has 2 fully saturated rings. The first-order valence-electron chi connectivity index (χ1n) is 6.08. The molecule has 2 saturated carbocycles. The fraction of sp³-hybridized carbons (Fsp3) is 0.833. The van der Waals surface area contributed by atoms with E-state index < -0.39 is 0 Å². The van der Waals surface area contributed by atoms with E-state index >= 15 is 0 Å². The van der Waals surface area contributed by atoms with Gasteiger partial charge < -0.3 is 5.73 Å². The van der Waals surface area contributed by atoms with E-state index in [1.165, 1.54) is 19.3 Å². The van der Waals surface area contributed by atoms with E-state index in [9.17, 15) is 0 Å². The maximum atomic E-state index is 5.31. The molecule has 2 rings (SSSR count). The first-order valence-corrected chi connectivity index (χ1v) is 6.49. The lowest BCUT2D eigenvalue weighted by Crippen LogP contribution is -2.31. The quantitative estimate of drug-likeness (QED) is 0.451. The first-order chi connectivity index (χ1) is 7.51. The van der Waals surface area contributed by atoms with Gasteiger partial charge in [-0.05, 0) is 61.1 Å². The maximum absolute atomic E-state index is 5.31. The molecule has 0 heterocycles. The number of hydrogen-bond donors (Lipinski definition) is 2. The van der Waals surface area contributed by atoms with Crippen molar-refractivity contribution >= 4 is 23.5 Å². The van der Waals surface area contributed by atoms with Crippen molar-refractivity contribution in [3.8, 4) is 0 Å². The van der Waals surface area contributed by atoms with E-state index in [0.717, 1.165) is 24.2 Å². The summed E-state index contributed by atoms with van der Waals surface area (Å²) in [5.74, 6) is 2.62. The van der Waals surface area contributed by atoms with Crippen molar-refractivity contribution in [2.24, 2.45) is 34.0 Å². The van der Waals surface area contributed by atoms with Crippen molar-refractivity contribution in [2.75, 3.05) is 0 Å². The van der Waals surface area contributed by atoms with E-state index in [0.29, 0.717) is 5.41 Å². The van der Waals surface area contributed by atoms with Crippen LogP contribution in [-0.2, 0) is 0 Å². The minimum absolute atomic E-state index is 0.239. The number of hydrazone groups is 1. The van der Waals surface area contributed by atoms with Crippen molar-refractivity contribution in [3.05, 3.63) is 0 Å². The molecule has 0 radical (unpaired) electrons. The van der Waals surface area contributed by atoms with Gasteiger partial charge in [0.05, 0.1) is 0 Å². The van der Waals surface area contributed by atoms with E-state index in [1.807, 2.05) is 6.21 Å². The van der Waals surface area contributed by atoms with Crippen molar-refractivity contribution < 1.29 is 0 Å². The number of nitrogens with zero attached hydrogens (tertiary/aromatic N) is 1. The van der Waals surface area contributed by atoms with E-state index in [-0.39, 0.29) is 5.11 Å². The molecule has 0 spiro atoms. The van der Waals surface area contributed by atoms with Crippen LogP contribution in [0.4, 0.5) is 0 Å². The highest BCUT2D eigenvalue weighted by molar-refractivity contribution is 7.80. The Balaban J connectivity index is 1.90. The van der Waals surface area contributed by atoms with Crippen LogP contribution < -0.4 is 11.2 Å². The molecule has 0 unspecified atom stereocenters. The molecule has 0 aromatic rings. The summed E-state index contributed by atoms with van der Waals surface area (Å²) in [6.07, 6.45) is 7.25. The average Bonchev–Trinajstić information content (AvgIpc) is 2.72. The van der Waals surface area contributed by atoms with E-state index in [4.69, 9.17) is 18.0 Å². The Labute approximate surface area is 103 Å². The molecule has 0 saturated heterocycles. The second-order valence-electron chi connectivity index (χ2n) is 5.72. The Hall–Kier alpha value is -0.640. The summed E-state index contributed by atoms with van der Waals surface area (Å²) < 4.78 is 0. The van der Waals surface area contributed by atoms with Gasteiger partial charge >= 0.3 is 0 Å². The highest BCUT2D eigenvalue weighted by Gasteiger charge is 2.51. The summed E-state index contributed by atoms with van der Waals surface area (Å²) >= 11 is 4.69. The van der Waals surface area contributed by atoms with Crippen LogP contribution in [0, 0.1) is 23.2 Å². The summed E-state index contributed by atoms with van der Waals surface area (Å²) in [5.41, 5.74) is 8.41. The number of hydrogen-bond acceptors (Lipinski definition) is 2. The van der Waals surface area contributed by atoms with Gasteiger partial charge in [-0.1, -0.05) is 13.8 Å². The lowest BCUT2D eigenvalue weighted by molar-refractivity contribution is 0.129. The van der Waals surface area contributed by atoms with Gasteiger partial charge in [0.25, 0.3) is 0 Å². The first kappa shape index (κ1) is 11.8. The average molecular weight is 239 g/mol. The zero-order chi connectivity index (χ0) is 11.8. The van der Waals surface area contributed by atoms with E-state index in [2.05, 4.69) is 24.4 Å². The number of fused-ring (bicyclic) bond motifs is 2. The number of thiocarbonyl (C=S) groups is 1. The minimum atomic E-state index is 0.239. The predicted octanol–water partition coefficient (Wildman–Crippen LogP) is 2.27. The third kappa shape index (κ3) is 2.08. The van der Waals surface area contributed by atoms with Crippen molar-refractivity contribution in [2.45, 2.75) is 39.5 Å². The number of nitrogens with two attached hydrogens (primary N) is 1. The van der Waals surface area contributed by atoms with Crippen LogP contribution in [0.25, 0.3) is 0 Å². The molecule has 3 atom stereocenters. The smallest absolute Gasteiger partial charge is 0.184 e. The summed E-state index contributed by atoms with van der Waals surface area (Å²) in [5, 5.41) is 4.28. The molecule has 2 aliphatic rings. The Morgan fingerprint density at radius 1 is 1.56 bits per heavy atom. The summed E-state index contributed by atoms with van der Waals surface area (Å²) in [4.78, 5) is 0. The van der Waals surface area contributed by atoms with Crippen LogP contribution in [0.5, 0.6) is 0 Å². The normalized spacial score (nSPS) is 35.8. The zero-order valence-corrected chi connectivity index (χ0v) is 10.9. The number of rotatable bonds is 3. The van der Waals surface area contributed by atoms with Gasteiger partial charge in [-0.2, -0.15) is 5.10 Å². The van der Waals surface area contributed by atoms with Crippen molar-refractivity contribution in [1.29, 1.82) is 0 Å². The number of nitrogens with one attached hydrogen (secondary N) is 1. The summed E-state index contributed by atoms with van der Waals surface area (Å²) in [7, 11) is 0. The van der Waals surface area contributed by atoms with Gasteiger partial charge in [0.1, 0.15) is 0 Å². The second-order valence-corrected chi connectivity index (χ2v) is 6.16. The third-order valence-corrected chi connectivity index (χ3v) is 4.77. The monoisotopic (exact) mass is 239 g/mol. The van der Waals surface area contributed by atoms with Crippen molar-refractivity contribution in [3.63, 3.8) is 0 Å². The van der Waals surface area contributed by atoms with Crippen LogP contribution in [0.1, 0.15) is 39.5 Å². The van der Waals surface area contributed by atoms with Crippen LogP contribution in [0.15, 0.2) is 5.10 Å². The molecule has 16 heavy (non-hydrogen) atoms. The molecule has 2 aliphatic carbocycles. The highest BCUT2D eigenvalue weighted by atomic mass is 32.1. The summed E-state index contributed by atoms with van der Waals surface area (Å²) in [6.45, 7) is 4.83. The molecular formula is C12H21N3S. The zero-order valence-electron chi connectivity index (χ0n) is 10.1. The molecule has 0 aliphatic heterocycles. The van der Waals surface area contributed by atoms with Gasteiger partial charge in [0, 0.05) is 6.21 Å². The van der Waals surface area contributed by atoms with Crippen LogP contribution in [0.2, 0.25) is 0 Å². The molecule has 3 nitrogen and oxygen atoms in total. The van der Waals surface area contributed by atoms with Gasteiger partial charge in [-0.3, -0.25) is 5.43 Å². The Morgan fingerprint density at radius 2 is 2.31 bits per heavy atom. The predicted molar refractivity (Wildman–Crippen MR) is 71.1 cm³/mol. The lowest BCUT2D eigenvalue weighted by Gasteiger charge is -2.37. The molecule has 0 aromatic carbocycles. The highest BCUT2D eigenvalue weighted by Crippen LogP contribution is 2.60. The van der Waals surface area contributed by atoms with E-state index in [1.54, 1.807) is 0 Å². The Morgan fingerprint density at radius 3 is 2.88 bits per heavy atom.